The van der Waals surface area contributed by atoms with Gasteiger partial charge in [0.2, 0.25) is 0 Å². The van der Waals surface area contributed by atoms with Crippen LogP contribution in [0.2, 0.25) is 0 Å². The van der Waals surface area contributed by atoms with Crippen LogP contribution < -0.4 is 9.67 Å². The fourth-order valence-electron chi connectivity index (χ4n) is 1.53. The number of rotatable bonds is 7. The second kappa shape index (κ2) is 11.4. The number of aliphatic hydroxyl groups is 5. The molecule has 0 heterocycles. The molecule has 1 aromatic rings. The molecule has 0 spiro atoms. The number of nitrogens with one attached hydrogen (secondary N) is 1. The van der Waals surface area contributed by atoms with E-state index >= 15 is 0 Å². The summed E-state index contributed by atoms with van der Waals surface area (Å²) in [4.78, 5) is 0. The summed E-state index contributed by atoms with van der Waals surface area (Å²) in [6.45, 7) is -0.569. The quantitative estimate of drug-likeness (QED) is 0.188. The van der Waals surface area contributed by atoms with E-state index in [-0.39, 0.29) is 10.9 Å². The van der Waals surface area contributed by atoms with E-state index in [0.717, 1.165) is 4.47 Å². The van der Waals surface area contributed by atoms with Crippen molar-refractivity contribution in [3.05, 3.63) is 28.7 Å². The molecule has 4 atom stereocenters. The van der Waals surface area contributed by atoms with Crippen LogP contribution in [0.3, 0.4) is 0 Å². The number of hydrogen-bond acceptors (Lipinski definition) is 7. The van der Waals surface area contributed by atoms with Crippen LogP contribution in [0.15, 0.2) is 28.7 Å². The molecule has 0 aromatic heterocycles. The van der Waals surface area contributed by atoms with Crippen molar-refractivity contribution in [1.29, 1.82) is 0 Å². The second-order valence-electron chi connectivity index (χ2n) is 4.88. The molecule has 8 N–H and O–H groups in total. The maximum absolute atomic E-state index is 10.7. The van der Waals surface area contributed by atoms with E-state index in [0.29, 0.717) is 0 Å². The van der Waals surface area contributed by atoms with Crippen molar-refractivity contribution < 1.29 is 37.5 Å². The van der Waals surface area contributed by atoms with Gasteiger partial charge in [-0.25, -0.2) is 0 Å². The molecule has 11 heteroatoms. The van der Waals surface area contributed by atoms with Gasteiger partial charge < -0.3 is 30.8 Å². The van der Waals surface area contributed by atoms with E-state index in [4.69, 9.17) is 28.6 Å². The molecule has 9 nitrogen and oxygen atoms in total. The molecular weight excluding hydrogens is 453 g/mol. The molecule has 0 aliphatic rings. The van der Waals surface area contributed by atoms with Gasteiger partial charge in [-0.3, -0.25) is 0 Å². The van der Waals surface area contributed by atoms with Crippen molar-refractivity contribution in [3.8, 4) is 0 Å². The van der Waals surface area contributed by atoms with Crippen molar-refractivity contribution in [3.63, 3.8) is 0 Å². The van der Waals surface area contributed by atoms with Crippen LogP contribution in [0, 0.1) is 0 Å². The van der Waals surface area contributed by atoms with Crippen molar-refractivity contribution >= 4 is 34.5 Å². The fourth-order valence-corrected chi connectivity index (χ4v) is 2.92. The Hall–Kier alpha value is -0.262. The Kier molecular flexibility index (Phi) is 11.2. The van der Waals surface area contributed by atoms with E-state index in [1.807, 2.05) is 0 Å². The molecule has 140 valence electrons. The molecule has 0 aliphatic heterocycles. The van der Waals surface area contributed by atoms with Crippen LogP contribution >= 0.6 is 15.9 Å². The van der Waals surface area contributed by atoms with Crippen molar-refractivity contribution in [2.75, 3.05) is 20.2 Å². The first-order chi connectivity index (χ1) is 11.0. The molecule has 1 rings (SSSR count). The first-order valence-corrected chi connectivity index (χ1v) is 11.0. The van der Waals surface area contributed by atoms with E-state index in [1.54, 1.807) is 19.2 Å². The van der Waals surface area contributed by atoms with E-state index in [1.165, 1.54) is 12.1 Å². The summed E-state index contributed by atoms with van der Waals surface area (Å²) in [7, 11) is 1.57. The molecule has 0 saturated carbocycles. The first-order valence-electron chi connectivity index (χ1n) is 6.84. The van der Waals surface area contributed by atoms with Gasteiger partial charge >= 0.3 is 75.1 Å². The molecule has 0 aliphatic carbocycles. The maximum atomic E-state index is 10.7. The zero-order valence-electron chi connectivity index (χ0n) is 12.9. The summed E-state index contributed by atoms with van der Waals surface area (Å²) < 4.78 is 29.1. The van der Waals surface area contributed by atoms with Crippen LogP contribution in [0.5, 0.6) is 0 Å². The predicted octanol–water partition coefficient (Wildman–Crippen LogP) is -3.35. The molecule has 0 saturated heterocycles. The molecule has 0 radical (unpaired) electrons. The van der Waals surface area contributed by atoms with Gasteiger partial charge in [0.05, 0.1) is 12.7 Å². The second-order valence-corrected chi connectivity index (χ2v) is 9.16. The summed E-state index contributed by atoms with van der Waals surface area (Å²) in [6.07, 6.45) is -5.65. The number of hydrogen-bond donors (Lipinski definition) is 8. The zero-order valence-corrected chi connectivity index (χ0v) is 16.4. The number of likely N-dealkylation sites (N-methyl/N-ethyl adjacent to an activating group) is 1. The Morgan fingerprint density at radius 1 is 1.04 bits per heavy atom. The summed E-state index contributed by atoms with van der Waals surface area (Å²) >= 11 is -1.48. The normalized spacial score (nSPS) is 16.5. The number of benzene rings is 1. The molecule has 0 amide bonds. The molecule has 4 unspecified atom stereocenters. The Labute approximate surface area is 150 Å². The molecule has 1 aromatic carbocycles. The molecular formula is C13H23AsBrNO8. The van der Waals surface area contributed by atoms with Crippen LogP contribution in [0.25, 0.3) is 0 Å². The molecule has 0 bridgehead atoms. The molecule has 0 fully saturated rings. The third-order valence-electron chi connectivity index (χ3n) is 2.90. The van der Waals surface area contributed by atoms with Crippen LogP contribution in [-0.2, 0) is 3.74 Å². The Balaban J connectivity index is 0.000000446. The Bertz CT molecular complexity index is 511. The van der Waals surface area contributed by atoms with E-state index in [9.17, 15) is 8.85 Å². The average Bonchev–Trinajstić information content (AvgIpc) is 2.53. The zero-order chi connectivity index (χ0) is 18.9. The standard InChI is InChI=1S/C7H17NO5.C6H6AsBrO3/c1-8-2-4(10)6(12)7(13)5(11)3-9;8-6-3-1-5(2-4-6)7(9,10)11/h4-13H,2-3H2,1H3;1-4H,(H2,9,10,11). The first kappa shape index (κ1) is 23.7. The van der Waals surface area contributed by atoms with Crippen LogP contribution in [0.4, 0.5) is 0 Å². The van der Waals surface area contributed by atoms with Gasteiger partial charge in [-0.1, -0.05) is 0 Å². The summed E-state index contributed by atoms with van der Waals surface area (Å²) in [5, 5.41) is 47.5. The minimum atomic E-state index is -4.65. The van der Waals surface area contributed by atoms with Crippen molar-refractivity contribution in [1.82, 2.24) is 5.32 Å². The van der Waals surface area contributed by atoms with E-state index in [2.05, 4.69) is 21.2 Å². The predicted molar refractivity (Wildman–Crippen MR) is 89.7 cm³/mol. The fraction of sp³-hybridized carbons (Fsp3) is 0.538. The SMILES string of the molecule is CNCC(O)C(O)C(O)C(O)CO.O=[As](O)(O)c1ccc(Br)cc1. The van der Waals surface area contributed by atoms with Gasteiger partial charge in [-0.15, -0.1) is 0 Å². The number of aliphatic hydroxyl groups excluding tert-OH is 5. The summed E-state index contributed by atoms with van der Waals surface area (Å²) in [5.74, 6) is 0. The Morgan fingerprint density at radius 2 is 1.50 bits per heavy atom. The van der Waals surface area contributed by atoms with Crippen LogP contribution in [-0.4, -0.2) is 92.5 Å². The summed E-state index contributed by atoms with van der Waals surface area (Å²) in [6, 6.07) is 6.06. The Morgan fingerprint density at radius 3 is 1.88 bits per heavy atom. The van der Waals surface area contributed by atoms with Crippen molar-refractivity contribution in [2.45, 2.75) is 24.4 Å². The third kappa shape index (κ3) is 8.72. The van der Waals surface area contributed by atoms with Gasteiger partial charge in [0.25, 0.3) is 0 Å². The van der Waals surface area contributed by atoms with Gasteiger partial charge in [0.1, 0.15) is 18.3 Å². The van der Waals surface area contributed by atoms with Gasteiger partial charge in [0, 0.05) is 6.54 Å². The van der Waals surface area contributed by atoms with Crippen molar-refractivity contribution in [2.24, 2.45) is 0 Å². The van der Waals surface area contributed by atoms with Crippen LogP contribution in [0.1, 0.15) is 0 Å². The number of halogens is 1. The van der Waals surface area contributed by atoms with Gasteiger partial charge in [0.15, 0.2) is 0 Å². The average molecular weight is 476 g/mol. The van der Waals surface area contributed by atoms with Gasteiger partial charge in [-0.05, 0) is 7.05 Å². The van der Waals surface area contributed by atoms with E-state index < -0.39 is 45.2 Å². The van der Waals surface area contributed by atoms with Gasteiger partial charge in [-0.2, -0.15) is 0 Å². The summed E-state index contributed by atoms with van der Waals surface area (Å²) in [5.41, 5.74) is 0. The molecule has 24 heavy (non-hydrogen) atoms. The minimum absolute atomic E-state index is 0.0936. The monoisotopic (exact) mass is 475 g/mol. The topological polar surface area (TPSA) is 171 Å². The third-order valence-corrected chi connectivity index (χ3v) is 5.47.